The zero-order valence-electron chi connectivity index (χ0n) is 11.2. The summed E-state index contributed by atoms with van der Waals surface area (Å²) in [6.45, 7) is 1.89. The lowest BCUT2D eigenvalue weighted by atomic mass is 9.99. The molecule has 0 aromatic heterocycles. The number of carbonyl (C=O) groups is 1. The standard InChI is InChI=1S/C12H20O6/c1-8(13)17-5-9-6-18-10(7-14-2)12(16-4)11(9)15-3/h6,10-12H,5,7H2,1-4H3/t10-,11-,12+/m1/s1. The van der Waals surface area contributed by atoms with Crippen LogP contribution in [0.25, 0.3) is 0 Å². The Morgan fingerprint density at radius 1 is 1.33 bits per heavy atom. The van der Waals surface area contributed by atoms with E-state index in [0.717, 1.165) is 5.57 Å². The molecule has 0 saturated heterocycles. The van der Waals surface area contributed by atoms with Crippen molar-refractivity contribution in [3.63, 3.8) is 0 Å². The van der Waals surface area contributed by atoms with Crippen LogP contribution in [0.2, 0.25) is 0 Å². The second-order valence-electron chi connectivity index (χ2n) is 3.96. The molecule has 6 heteroatoms. The molecule has 1 rings (SSSR count). The molecule has 0 unspecified atom stereocenters. The van der Waals surface area contributed by atoms with Crippen molar-refractivity contribution in [3.05, 3.63) is 11.8 Å². The molecule has 0 N–H and O–H groups in total. The van der Waals surface area contributed by atoms with Gasteiger partial charge in [-0.05, 0) is 0 Å². The molecule has 104 valence electrons. The van der Waals surface area contributed by atoms with E-state index in [2.05, 4.69) is 0 Å². The average Bonchev–Trinajstić information content (AvgIpc) is 2.36. The van der Waals surface area contributed by atoms with Crippen molar-refractivity contribution in [2.45, 2.75) is 25.2 Å². The fourth-order valence-corrected chi connectivity index (χ4v) is 1.89. The molecule has 0 aliphatic carbocycles. The lowest BCUT2D eigenvalue weighted by Gasteiger charge is -2.35. The van der Waals surface area contributed by atoms with E-state index >= 15 is 0 Å². The van der Waals surface area contributed by atoms with Crippen LogP contribution in [0.5, 0.6) is 0 Å². The highest BCUT2D eigenvalue weighted by Crippen LogP contribution is 2.24. The first-order chi connectivity index (χ1) is 8.63. The molecule has 0 radical (unpaired) electrons. The molecule has 18 heavy (non-hydrogen) atoms. The lowest BCUT2D eigenvalue weighted by Crippen LogP contribution is -2.47. The molecular weight excluding hydrogens is 240 g/mol. The lowest BCUT2D eigenvalue weighted by molar-refractivity contribution is -0.143. The maximum Gasteiger partial charge on any atom is 0.302 e. The zero-order valence-corrected chi connectivity index (χ0v) is 11.2. The van der Waals surface area contributed by atoms with Crippen LogP contribution in [0.1, 0.15) is 6.92 Å². The maximum atomic E-state index is 10.8. The van der Waals surface area contributed by atoms with Gasteiger partial charge in [-0.1, -0.05) is 0 Å². The van der Waals surface area contributed by atoms with Crippen LogP contribution >= 0.6 is 0 Å². The van der Waals surface area contributed by atoms with Crippen LogP contribution in [0.15, 0.2) is 11.8 Å². The van der Waals surface area contributed by atoms with Crippen molar-refractivity contribution < 1.29 is 28.5 Å². The molecule has 1 aliphatic heterocycles. The molecule has 1 aliphatic rings. The quantitative estimate of drug-likeness (QED) is 0.648. The van der Waals surface area contributed by atoms with Gasteiger partial charge in [-0.3, -0.25) is 4.79 Å². The van der Waals surface area contributed by atoms with E-state index < -0.39 is 0 Å². The van der Waals surface area contributed by atoms with Gasteiger partial charge >= 0.3 is 5.97 Å². The smallest absolute Gasteiger partial charge is 0.302 e. The van der Waals surface area contributed by atoms with Gasteiger partial charge in [-0.15, -0.1) is 0 Å². The van der Waals surface area contributed by atoms with Crippen molar-refractivity contribution in [3.8, 4) is 0 Å². The van der Waals surface area contributed by atoms with E-state index in [0.29, 0.717) is 6.61 Å². The first-order valence-corrected chi connectivity index (χ1v) is 5.66. The predicted octanol–water partition coefficient (Wildman–Crippen LogP) is 0.509. The van der Waals surface area contributed by atoms with Gasteiger partial charge in [-0.25, -0.2) is 0 Å². The summed E-state index contributed by atoms with van der Waals surface area (Å²) in [7, 11) is 4.75. The zero-order chi connectivity index (χ0) is 13.5. The Hall–Kier alpha value is -1.11. The highest BCUT2D eigenvalue weighted by Gasteiger charge is 2.37. The van der Waals surface area contributed by atoms with Gasteiger partial charge in [0.2, 0.25) is 0 Å². The third kappa shape index (κ3) is 3.69. The Labute approximate surface area is 107 Å². The molecule has 0 bridgehead atoms. The average molecular weight is 260 g/mol. The van der Waals surface area contributed by atoms with Crippen molar-refractivity contribution in [2.75, 3.05) is 34.5 Å². The summed E-state index contributed by atoms with van der Waals surface area (Å²) < 4.78 is 26.3. The van der Waals surface area contributed by atoms with Gasteiger partial charge in [0.05, 0.1) is 12.9 Å². The molecule has 0 spiro atoms. The van der Waals surface area contributed by atoms with E-state index in [9.17, 15) is 4.79 Å². The summed E-state index contributed by atoms with van der Waals surface area (Å²) in [5.74, 6) is -0.348. The second kappa shape index (κ2) is 7.35. The van der Waals surface area contributed by atoms with E-state index in [4.69, 9.17) is 23.7 Å². The molecule has 0 aromatic rings. The molecule has 3 atom stereocenters. The monoisotopic (exact) mass is 260 g/mol. The van der Waals surface area contributed by atoms with Gasteiger partial charge in [-0.2, -0.15) is 0 Å². The molecule has 6 nitrogen and oxygen atoms in total. The summed E-state index contributed by atoms with van der Waals surface area (Å²) in [4.78, 5) is 10.8. The summed E-state index contributed by atoms with van der Waals surface area (Å²) in [5.41, 5.74) is 0.729. The number of rotatable bonds is 6. The van der Waals surface area contributed by atoms with Crippen LogP contribution in [-0.2, 0) is 28.5 Å². The number of hydrogen-bond acceptors (Lipinski definition) is 6. The van der Waals surface area contributed by atoms with E-state index in [1.165, 1.54) is 6.92 Å². The van der Waals surface area contributed by atoms with Crippen LogP contribution in [0, 0.1) is 0 Å². The van der Waals surface area contributed by atoms with Gasteiger partial charge in [0, 0.05) is 33.8 Å². The van der Waals surface area contributed by atoms with E-state index in [1.807, 2.05) is 0 Å². The minimum absolute atomic E-state index is 0.132. The van der Waals surface area contributed by atoms with Gasteiger partial charge in [0.15, 0.2) is 0 Å². The largest absolute Gasteiger partial charge is 0.493 e. The first kappa shape index (κ1) is 14.9. The molecule has 1 heterocycles. The third-order valence-corrected chi connectivity index (χ3v) is 2.72. The Balaban J connectivity index is 2.75. The van der Waals surface area contributed by atoms with Crippen LogP contribution in [0.3, 0.4) is 0 Å². The Kier molecular flexibility index (Phi) is 6.11. The molecule has 0 aromatic carbocycles. The molecule has 0 amide bonds. The highest BCUT2D eigenvalue weighted by atomic mass is 16.6. The Bertz CT molecular complexity index is 301. The van der Waals surface area contributed by atoms with Crippen LogP contribution in [-0.4, -0.2) is 58.8 Å². The van der Waals surface area contributed by atoms with Crippen molar-refractivity contribution in [2.24, 2.45) is 0 Å². The van der Waals surface area contributed by atoms with Gasteiger partial charge in [0.25, 0.3) is 0 Å². The first-order valence-electron chi connectivity index (χ1n) is 5.66. The summed E-state index contributed by atoms with van der Waals surface area (Å²) in [6.07, 6.45) is 0.691. The van der Waals surface area contributed by atoms with Gasteiger partial charge in [0.1, 0.15) is 24.9 Å². The number of carbonyl (C=O) groups excluding carboxylic acids is 1. The molecule has 0 fully saturated rings. The molecular formula is C12H20O6. The third-order valence-electron chi connectivity index (χ3n) is 2.72. The van der Waals surface area contributed by atoms with Gasteiger partial charge < -0.3 is 23.7 Å². The fraction of sp³-hybridized carbons (Fsp3) is 0.750. The second-order valence-corrected chi connectivity index (χ2v) is 3.96. The summed E-state index contributed by atoms with van der Waals surface area (Å²) in [6, 6.07) is 0. The van der Waals surface area contributed by atoms with E-state index in [-0.39, 0.29) is 30.9 Å². The Morgan fingerprint density at radius 3 is 2.56 bits per heavy atom. The van der Waals surface area contributed by atoms with E-state index in [1.54, 1.807) is 27.6 Å². The maximum absolute atomic E-state index is 10.8. The highest BCUT2D eigenvalue weighted by molar-refractivity contribution is 5.66. The van der Waals surface area contributed by atoms with Crippen molar-refractivity contribution in [1.29, 1.82) is 0 Å². The SMILES string of the molecule is COC[C@H]1OC=C(COC(C)=O)[C@@H](OC)[C@H]1OC. The topological polar surface area (TPSA) is 63.2 Å². The number of hydrogen-bond donors (Lipinski definition) is 0. The van der Waals surface area contributed by atoms with Crippen LogP contribution < -0.4 is 0 Å². The number of esters is 1. The summed E-state index contributed by atoms with van der Waals surface area (Å²) >= 11 is 0. The predicted molar refractivity (Wildman–Crippen MR) is 63.1 cm³/mol. The van der Waals surface area contributed by atoms with Crippen molar-refractivity contribution >= 4 is 5.97 Å². The normalized spacial score (nSPS) is 27.3. The minimum atomic E-state index is -0.348. The summed E-state index contributed by atoms with van der Waals surface area (Å²) in [5, 5.41) is 0. The number of ether oxygens (including phenoxy) is 5. The number of methoxy groups -OCH3 is 3. The Morgan fingerprint density at radius 2 is 2.06 bits per heavy atom. The van der Waals surface area contributed by atoms with Crippen molar-refractivity contribution in [1.82, 2.24) is 0 Å². The minimum Gasteiger partial charge on any atom is -0.493 e. The van der Waals surface area contributed by atoms with Crippen LogP contribution in [0.4, 0.5) is 0 Å². The molecule has 0 saturated carbocycles. The fourth-order valence-electron chi connectivity index (χ4n) is 1.89.